The Balaban J connectivity index is 1.45. The first-order chi connectivity index (χ1) is 14.1. The monoisotopic (exact) mass is 412 g/mol. The molecule has 0 unspecified atom stereocenters. The van der Waals surface area contributed by atoms with Gasteiger partial charge in [0.1, 0.15) is 11.5 Å². The first kappa shape index (κ1) is 20.2. The summed E-state index contributed by atoms with van der Waals surface area (Å²) in [5.74, 6) is 1.20. The van der Waals surface area contributed by atoms with Crippen molar-refractivity contribution in [2.75, 3.05) is 23.1 Å². The summed E-state index contributed by atoms with van der Waals surface area (Å²) in [5, 5.41) is 23.6. The third kappa shape index (κ3) is 6.25. The molecule has 3 aromatic rings. The number of thioether (sulfide) groups is 1. The summed E-state index contributed by atoms with van der Waals surface area (Å²) < 4.78 is 5.37. The molecule has 0 radical (unpaired) electrons. The molecule has 1 heterocycles. The van der Waals surface area contributed by atoms with E-state index in [-0.39, 0.29) is 17.4 Å². The predicted octanol–water partition coefficient (Wildman–Crippen LogP) is 3.09. The van der Waals surface area contributed by atoms with Crippen LogP contribution >= 0.6 is 11.8 Å². The quantitative estimate of drug-likeness (QED) is 0.242. The second-order valence-electron chi connectivity index (χ2n) is 5.69. The number of hydrogen-bond acceptors (Lipinski definition) is 8. The van der Waals surface area contributed by atoms with Gasteiger partial charge < -0.3 is 15.2 Å². The van der Waals surface area contributed by atoms with E-state index < -0.39 is 0 Å². The van der Waals surface area contributed by atoms with Gasteiger partial charge in [-0.1, -0.05) is 23.9 Å². The van der Waals surface area contributed by atoms with Crippen LogP contribution in [0.4, 0.5) is 11.6 Å². The van der Waals surface area contributed by atoms with Crippen LogP contribution in [0, 0.1) is 0 Å². The third-order valence-corrected chi connectivity index (χ3v) is 4.40. The van der Waals surface area contributed by atoms with Crippen LogP contribution in [0.1, 0.15) is 12.5 Å². The molecule has 29 heavy (non-hydrogen) atoms. The third-order valence-electron chi connectivity index (χ3n) is 3.56. The summed E-state index contributed by atoms with van der Waals surface area (Å²) in [5.41, 5.74) is 3.95. The number of ether oxygens (including phenoxy) is 1. The molecular formula is C19H20N6O3S. The Morgan fingerprint density at radius 3 is 2.83 bits per heavy atom. The lowest BCUT2D eigenvalue weighted by Gasteiger charge is -2.06. The van der Waals surface area contributed by atoms with Gasteiger partial charge in [-0.3, -0.25) is 4.79 Å². The van der Waals surface area contributed by atoms with E-state index in [2.05, 4.69) is 31.0 Å². The maximum Gasteiger partial charge on any atom is 0.240 e. The van der Waals surface area contributed by atoms with Crippen LogP contribution in [-0.4, -0.2) is 44.8 Å². The summed E-state index contributed by atoms with van der Waals surface area (Å²) in [6.07, 6.45) is 1.47. The Morgan fingerprint density at radius 1 is 1.28 bits per heavy atom. The van der Waals surface area contributed by atoms with Gasteiger partial charge in [0.05, 0.1) is 18.6 Å². The zero-order chi connectivity index (χ0) is 20.5. The standard InChI is InChI=1S/C19H20N6O3S/c1-2-28-15-9-7-14(8-10-15)21-17(27)12-29-19-22-18(24-25-19)23-20-11-13-5-3-4-6-16(13)26/h3-11,26H,2,12H2,1H3,(H,21,27)(H2,22,23,24,25)/b20-11+. The number of nitrogens with zero attached hydrogens (tertiary/aromatic N) is 3. The number of rotatable bonds is 9. The second-order valence-corrected chi connectivity index (χ2v) is 6.63. The largest absolute Gasteiger partial charge is 0.507 e. The number of nitrogens with one attached hydrogen (secondary N) is 3. The van der Waals surface area contributed by atoms with Gasteiger partial charge in [-0.15, -0.1) is 5.10 Å². The Kier molecular flexibility index (Phi) is 7.06. The van der Waals surface area contributed by atoms with E-state index in [0.717, 1.165) is 5.75 Å². The molecule has 0 aliphatic rings. The number of amides is 1. The minimum Gasteiger partial charge on any atom is -0.507 e. The number of carbonyl (C=O) groups excluding carboxylic acids is 1. The number of hydrogen-bond donors (Lipinski definition) is 4. The van der Waals surface area contributed by atoms with Crippen LogP contribution in [0.15, 0.2) is 58.8 Å². The lowest BCUT2D eigenvalue weighted by Crippen LogP contribution is -2.14. The van der Waals surface area contributed by atoms with Gasteiger partial charge in [0.15, 0.2) is 0 Å². The summed E-state index contributed by atoms with van der Waals surface area (Å²) in [4.78, 5) is 16.3. The highest BCUT2D eigenvalue weighted by atomic mass is 32.2. The lowest BCUT2D eigenvalue weighted by atomic mass is 10.2. The number of phenolic OH excluding ortho intramolecular Hbond substituents is 1. The van der Waals surface area contributed by atoms with Crippen molar-refractivity contribution in [1.82, 2.24) is 15.2 Å². The molecule has 0 fully saturated rings. The van der Waals surface area contributed by atoms with Crippen LogP contribution in [0.25, 0.3) is 0 Å². The van der Waals surface area contributed by atoms with Crippen LogP contribution in [0.2, 0.25) is 0 Å². The maximum atomic E-state index is 12.1. The molecule has 0 aliphatic carbocycles. The first-order valence-electron chi connectivity index (χ1n) is 8.79. The molecule has 4 N–H and O–H groups in total. The zero-order valence-corrected chi connectivity index (χ0v) is 16.4. The molecular weight excluding hydrogens is 392 g/mol. The molecule has 0 atom stereocenters. The number of anilines is 2. The van der Waals surface area contributed by atoms with E-state index >= 15 is 0 Å². The van der Waals surface area contributed by atoms with Crippen molar-refractivity contribution in [3.63, 3.8) is 0 Å². The van der Waals surface area contributed by atoms with Gasteiger partial charge in [-0.05, 0) is 43.3 Å². The smallest absolute Gasteiger partial charge is 0.240 e. The van der Waals surface area contributed by atoms with E-state index in [1.54, 1.807) is 48.5 Å². The normalized spacial score (nSPS) is 10.8. The highest BCUT2D eigenvalue weighted by Gasteiger charge is 2.08. The molecule has 2 aromatic carbocycles. The van der Waals surface area contributed by atoms with E-state index in [1.165, 1.54) is 18.0 Å². The van der Waals surface area contributed by atoms with Crippen molar-refractivity contribution >= 4 is 35.5 Å². The van der Waals surface area contributed by atoms with Gasteiger partial charge in [0.2, 0.25) is 17.0 Å². The number of benzene rings is 2. The number of aromatic nitrogens is 3. The minimum atomic E-state index is -0.170. The summed E-state index contributed by atoms with van der Waals surface area (Å²) in [7, 11) is 0. The molecule has 0 saturated heterocycles. The fraction of sp³-hybridized carbons (Fsp3) is 0.158. The van der Waals surface area contributed by atoms with Crippen LogP contribution in [0.3, 0.4) is 0 Å². The van der Waals surface area contributed by atoms with Crippen molar-refractivity contribution in [2.45, 2.75) is 12.1 Å². The zero-order valence-electron chi connectivity index (χ0n) is 15.6. The van der Waals surface area contributed by atoms with E-state index in [9.17, 15) is 9.90 Å². The average molecular weight is 412 g/mol. The Labute approximate surface area is 171 Å². The fourth-order valence-electron chi connectivity index (χ4n) is 2.25. The molecule has 0 aliphatic heterocycles. The highest BCUT2D eigenvalue weighted by Crippen LogP contribution is 2.18. The van der Waals surface area contributed by atoms with Gasteiger partial charge in [0, 0.05) is 11.3 Å². The van der Waals surface area contributed by atoms with Crippen molar-refractivity contribution in [1.29, 1.82) is 0 Å². The van der Waals surface area contributed by atoms with Gasteiger partial charge in [-0.2, -0.15) is 10.1 Å². The molecule has 0 saturated carbocycles. The Hall–Kier alpha value is -3.53. The molecule has 150 valence electrons. The van der Waals surface area contributed by atoms with Crippen LogP contribution < -0.4 is 15.5 Å². The fourth-order valence-corrected chi connectivity index (χ4v) is 2.85. The minimum absolute atomic E-state index is 0.130. The van der Waals surface area contributed by atoms with Crippen molar-refractivity contribution < 1.29 is 14.6 Å². The lowest BCUT2D eigenvalue weighted by molar-refractivity contribution is -0.113. The number of carbonyl (C=O) groups is 1. The van der Waals surface area contributed by atoms with Gasteiger partial charge in [-0.25, -0.2) is 10.5 Å². The summed E-state index contributed by atoms with van der Waals surface area (Å²) in [6, 6.07) is 14.0. The van der Waals surface area contributed by atoms with E-state index in [4.69, 9.17) is 4.74 Å². The topological polar surface area (TPSA) is 125 Å². The number of hydrazone groups is 1. The average Bonchev–Trinajstić information content (AvgIpc) is 3.17. The number of aromatic amines is 1. The molecule has 1 amide bonds. The van der Waals surface area contributed by atoms with Gasteiger partial charge >= 0.3 is 0 Å². The van der Waals surface area contributed by atoms with Crippen LogP contribution in [0.5, 0.6) is 11.5 Å². The highest BCUT2D eigenvalue weighted by molar-refractivity contribution is 7.99. The van der Waals surface area contributed by atoms with Crippen LogP contribution in [-0.2, 0) is 4.79 Å². The molecule has 3 rings (SSSR count). The molecule has 1 aromatic heterocycles. The first-order valence-corrected chi connectivity index (χ1v) is 9.77. The SMILES string of the molecule is CCOc1ccc(NC(=O)CSc2n[nH]c(N/N=C/c3ccccc3O)n2)cc1. The Bertz CT molecular complexity index is 974. The summed E-state index contributed by atoms with van der Waals surface area (Å²) in [6.45, 7) is 2.51. The van der Waals surface area contributed by atoms with Crippen molar-refractivity contribution in [3.8, 4) is 11.5 Å². The number of phenols is 1. The van der Waals surface area contributed by atoms with Crippen molar-refractivity contribution in [2.24, 2.45) is 5.10 Å². The van der Waals surface area contributed by atoms with Gasteiger partial charge in [0.25, 0.3) is 0 Å². The predicted molar refractivity (Wildman–Crippen MR) is 113 cm³/mol. The number of aromatic hydroxyl groups is 1. The molecule has 0 spiro atoms. The van der Waals surface area contributed by atoms with E-state index in [0.29, 0.717) is 29.0 Å². The van der Waals surface area contributed by atoms with E-state index in [1.807, 2.05) is 6.92 Å². The Morgan fingerprint density at radius 2 is 2.07 bits per heavy atom. The maximum absolute atomic E-state index is 12.1. The molecule has 9 nitrogen and oxygen atoms in total. The number of para-hydroxylation sites is 1. The summed E-state index contributed by atoms with van der Waals surface area (Å²) >= 11 is 1.19. The van der Waals surface area contributed by atoms with Crippen molar-refractivity contribution in [3.05, 3.63) is 54.1 Å². The number of H-pyrrole nitrogens is 1. The second kappa shape index (κ2) is 10.1. The molecule has 10 heteroatoms. The molecule has 0 bridgehead atoms.